The van der Waals surface area contributed by atoms with Gasteiger partial charge in [-0.15, -0.1) is 0 Å². The van der Waals surface area contributed by atoms with Gasteiger partial charge < -0.3 is 5.11 Å². The Morgan fingerprint density at radius 2 is 1.48 bits per heavy atom. The van der Waals surface area contributed by atoms with Crippen molar-refractivity contribution in [1.29, 1.82) is 0 Å². The van der Waals surface area contributed by atoms with Crippen LogP contribution in [-0.4, -0.2) is 20.1 Å². The third-order valence-corrected chi connectivity index (χ3v) is 3.01. The van der Waals surface area contributed by atoms with Gasteiger partial charge in [0.2, 0.25) is 5.88 Å². The fourth-order valence-electron chi connectivity index (χ4n) is 2.06. The Bertz CT molecular complexity index is 808. The number of aromatic hydroxyl groups is 1. The van der Waals surface area contributed by atoms with E-state index in [1.165, 1.54) is 17.6 Å². The maximum absolute atomic E-state index is 8.52. The van der Waals surface area contributed by atoms with Crippen LogP contribution in [-0.2, 0) is 0 Å². The molecule has 4 aromatic rings. The minimum absolute atomic E-state index is 0.0718. The number of aromatic nitrogens is 3. The summed E-state index contributed by atoms with van der Waals surface area (Å²) in [5, 5.41) is 10.9. The lowest BCUT2D eigenvalue weighted by atomic mass is 10.1. The van der Waals surface area contributed by atoms with Crippen LogP contribution in [0.1, 0.15) is 0 Å². The summed E-state index contributed by atoms with van der Waals surface area (Å²) in [6.07, 6.45) is 4.99. The molecule has 1 N–H and O–H groups in total. The molecule has 0 atom stereocenters. The van der Waals surface area contributed by atoms with E-state index in [9.17, 15) is 0 Å². The van der Waals surface area contributed by atoms with Gasteiger partial charge >= 0.3 is 0 Å². The Morgan fingerprint density at radius 3 is 2.24 bits per heavy atom. The normalized spacial score (nSPS) is 10.1. The van der Waals surface area contributed by atoms with Crippen molar-refractivity contribution >= 4 is 21.8 Å². The van der Waals surface area contributed by atoms with Crippen molar-refractivity contribution in [1.82, 2.24) is 15.0 Å². The third-order valence-electron chi connectivity index (χ3n) is 3.01. The van der Waals surface area contributed by atoms with Gasteiger partial charge in [-0.05, 0) is 17.5 Å². The highest BCUT2D eigenvalue weighted by Gasteiger charge is 1.99. The second-order valence-corrected chi connectivity index (χ2v) is 4.40. The molecule has 2 aromatic carbocycles. The van der Waals surface area contributed by atoms with Crippen LogP contribution < -0.4 is 0 Å². The lowest BCUT2D eigenvalue weighted by Gasteiger charge is -2.00. The highest BCUT2D eigenvalue weighted by molar-refractivity contribution is 6.03. The standard InChI is InChI=1S/C12H8N2.C5H5NO/c1-2-4-10-9(3-1)5-6-11-12(10)14-8-7-13-11;7-5-3-1-2-4-6-5/h1-8H;1-4H,(H,6,7). The molecule has 4 heteroatoms. The molecule has 0 amide bonds. The zero-order chi connectivity index (χ0) is 14.5. The molecule has 2 aromatic heterocycles. The lowest BCUT2D eigenvalue weighted by molar-refractivity contribution is 0.453. The van der Waals surface area contributed by atoms with E-state index >= 15 is 0 Å². The molecular weight excluding hydrogens is 262 g/mol. The maximum Gasteiger partial charge on any atom is 0.210 e. The van der Waals surface area contributed by atoms with E-state index in [0.29, 0.717) is 0 Å². The largest absolute Gasteiger partial charge is 0.493 e. The van der Waals surface area contributed by atoms with Gasteiger partial charge in [-0.2, -0.15) is 0 Å². The number of pyridine rings is 1. The Balaban J connectivity index is 0.000000160. The molecule has 0 bridgehead atoms. The molecule has 0 aliphatic carbocycles. The van der Waals surface area contributed by atoms with E-state index in [2.05, 4.69) is 33.2 Å². The number of fused-ring (bicyclic) bond motifs is 3. The molecule has 0 saturated carbocycles. The summed E-state index contributed by atoms with van der Waals surface area (Å²) in [5.41, 5.74) is 1.93. The van der Waals surface area contributed by atoms with E-state index in [0.717, 1.165) is 16.4 Å². The summed E-state index contributed by atoms with van der Waals surface area (Å²) < 4.78 is 0. The predicted octanol–water partition coefficient (Wildman–Crippen LogP) is 3.57. The summed E-state index contributed by atoms with van der Waals surface area (Å²) in [4.78, 5) is 12.2. The van der Waals surface area contributed by atoms with Gasteiger partial charge in [0, 0.05) is 30.0 Å². The lowest BCUT2D eigenvalue weighted by Crippen LogP contribution is -1.83. The van der Waals surface area contributed by atoms with Crippen LogP contribution in [0.15, 0.2) is 73.2 Å². The molecule has 0 unspecified atom stereocenters. The molecule has 4 nitrogen and oxygen atoms in total. The topological polar surface area (TPSA) is 58.9 Å². The third kappa shape index (κ3) is 2.95. The van der Waals surface area contributed by atoms with Crippen molar-refractivity contribution in [3.05, 3.63) is 73.2 Å². The molecule has 0 radical (unpaired) electrons. The van der Waals surface area contributed by atoms with E-state index in [1.54, 1.807) is 24.5 Å². The molecule has 4 rings (SSSR count). The summed E-state index contributed by atoms with van der Waals surface area (Å²) in [6, 6.07) is 17.3. The van der Waals surface area contributed by atoms with Crippen molar-refractivity contribution in [2.45, 2.75) is 0 Å². The molecule has 0 saturated heterocycles. The Morgan fingerprint density at radius 1 is 0.667 bits per heavy atom. The predicted molar refractivity (Wildman–Crippen MR) is 82.9 cm³/mol. The van der Waals surface area contributed by atoms with Gasteiger partial charge in [0.15, 0.2) is 0 Å². The first-order valence-electron chi connectivity index (χ1n) is 6.53. The van der Waals surface area contributed by atoms with Crippen LogP contribution in [0, 0.1) is 0 Å². The summed E-state index contributed by atoms with van der Waals surface area (Å²) in [6.45, 7) is 0. The first-order chi connectivity index (χ1) is 10.3. The maximum atomic E-state index is 8.52. The van der Waals surface area contributed by atoms with Crippen LogP contribution in [0.25, 0.3) is 21.8 Å². The number of rotatable bonds is 0. The average Bonchev–Trinajstić information content (AvgIpc) is 2.56. The zero-order valence-electron chi connectivity index (χ0n) is 11.2. The van der Waals surface area contributed by atoms with Crippen LogP contribution in [0.3, 0.4) is 0 Å². The zero-order valence-corrected chi connectivity index (χ0v) is 11.2. The van der Waals surface area contributed by atoms with Gasteiger partial charge in [0.25, 0.3) is 0 Å². The second kappa shape index (κ2) is 5.96. The number of hydrogen-bond donors (Lipinski definition) is 1. The van der Waals surface area contributed by atoms with Crippen molar-refractivity contribution in [3.63, 3.8) is 0 Å². The number of nitrogens with zero attached hydrogens (tertiary/aromatic N) is 3. The molecule has 0 aliphatic heterocycles. The van der Waals surface area contributed by atoms with Gasteiger partial charge in [0.1, 0.15) is 0 Å². The Hall–Kier alpha value is -3.01. The first kappa shape index (κ1) is 13.0. The Kier molecular flexibility index (Phi) is 3.69. The van der Waals surface area contributed by atoms with Crippen molar-refractivity contribution in [3.8, 4) is 5.88 Å². The smallest absolute Gasteiger partial charge is 0.210 e. The number of benzene rings is 2. The van der Waals surface area contributed by atoms with Gasteiger partial charge in [0.05, 0.1) is 11.0 Å². The Labute approximate surface area is 121 Å². The summed E-state index contributed by atoms with van der Waals surface area (Å²) in [5.74, 6) is 0.0718. The minimum atomic E-state index is 0.0718. The fraction of sp³-hybridized carbons (Fsp3) is 0. The molecule has 2 heterocycles. The van der Waals surface area contributed by atoms with Crippen molar-refractivity contribution in [2.24, 2.45) is 0 Å². The molecule has 21 heavy (non-hydrogen) atoms. The average molecular weight is 275 g/mol. The molecular formula is C17H13N3O. The SMILES string of the molecule is Oc1ccccn1.c1ccc2c(c1)ccc1nccnc12. The quantitative estimate of drug-likeness (QED) is 0.498. The molecule has 0 aliphatic rings. The fourth-order valence-corrected chi connectivity index (χ4v) is 2.06. The van der Waals surface area contributed by atoms with Crippen molar-refractivity contribution in [2.75, 3.05) is 0 Å². The second-order valence-electron chi connectivity index (χ2n) is 4.40. The first-order valence-corrected chi connectivity index (χ1v) is 6.53. The van der Waals surface area contributed by atoms with E-state index in [1.807, 2.05) is 18.2 Å². The van der Waals surface area contributed by atoms with E-state index < -0.39 is 0 Å². The molecule has 0 fully saturated rings. The van der Waals surface area contributed by atoms with Crippen LogP contribution in [0.2, 0.25) is 0 Å². The van der Waals surface area contributed by atoms with Crippen molar-refractivity contribution < 1.29 is 5.11 Å². The summed E-state index contributed by atoms with van der Waals surface area (Å²) in [7, 11) is 0. The minimum Gasteiger partial charge on any atom is -0.493 e. The number of hydrogen-bond acceptors (Lipinski definition) is 4. The molecule has 102 valence electrons. The summed E-state index contributed by atoms with van der Waals surface area (Å²) >= 11 is 0. The highest BCUT2D eigenvalue weighted by atomic mass is 16.3. The van der Waals surface area contributed by atoms with E-state index in [4.69, 9.17) is 5.11 Å². The van der Waals surface area contributed by atoms with Gasteiger partial charge in [-0.1, -0.05) is 36.4 Å². The molecule has 0 spiro atoms. The monoisotopic (exact) mass is 275 g/mol. The highest BCUT2D eigenvalue weighted by Crippen LogP contribution is 2.21. The van der Waals surface area contributed by atoms with Gasteiger partial charge in [-0.25, -0.2) is 4.98 Å². The van der Waals surface area contributed by atoms with E-state index in [-0.39, 0.29) is 5.88 Å². The van der Waals surface area contributed by atoms with Crippen LogP contribution >= 0.6 is 0 Å². The van der Waals surface area contributed by atoms with Gasteiger partial charge in [-0.3, -0.25) is 9.97 Å². The van der Waals surface area contributed by atoms with Crippen LogP contribution in [0.5, 0.6) is 5.88 Å². The van der Waals surface area contributed by atoms with Crippen LogP contribution in [0.4, 0.5) is 0 Å².